The Morgan fingerprint density at radius 3 is 2.00 bits per heavy atom. The molecule has 9 heteroatoms. The van der Waals surface area contributed by atoms with E-state index in [4.69, 9.17) is 32.8 Å². The van der Waals surface area contributed by atoms with Crippen molar-refractivity contribution in [2.45, 2.75) is 140 Å². The number of fused-ring (bicyclic) bond motifs is 1. The van der Waals surface area contributed by atoms with Crippen LogP contribution in [0.2, 0.25) is 18.1 Å². The van der Waals surface area contributed by atoms with Gasteiger partial charge in [0.05, 0.1) is 63.1 Å². The van der Waals surface area contributed by atoms with E-state index in [1.165, 1.54) is 0 Å². The molecule has 4 saturated heterocycles. The first-order valence-corrected chi connectivity index (χ1v) is 20.9. The summed E-state index contributed by atoms with van der Waals surface area (Å²) in [4.78, 5) is 0. The molecule has 0 amide bonds. The third kappa shape index (κ3) is 7.65. The molecule has 4 fully saturated rings. The topological polar surface area (TPSA) is 88.1 Å². The number of aliphatic hydroxyl groups is 1. The van der Waals surface area contributed by atoms with Crippen molar-refractivity contribution in [3.8, 4) is 0 Å². The van der Waals surface area contributed by atoms with Crippen LogP contribution in [-0.2, 0) is 46.1 Å². The number of rotatable bonds is 11. The van der Waals surface area contributed by atoms with E-state index in [-0.39, 0.29) is 78.2 Å². The summed E-state index contributed by atoms with van der Waals surface area (Å²) in [6.07, 6.45) is -0.403. The van der Waals surface area contributed by atoms with Gasteiger partial charge in [-0.3, -0.25) is 0 Å². The van der Waals surface area contributed by atoms with Gasteiger partial charge in [0.15, 0.2) is 14.1 Å². The minimum atomic E-state index is -2.24. The van der Waals surface area contributed by atoms with Crippen LogP contribution >= 0.6 is 0 Å². The van der Waals surface area contributed by atoms with Gasteiger partial charge in [0.1, 0.15) is 12.2 Å². The quantitative estimate of drug-likeness (QED) is 0.203. The van der Waals surface area contributed by atoms with Crippen LogP contribution in [0.5, 0.6) is 0 Å². The van der Waals surface area contributed by atoms with Gasteiger partial charge < -0.3 is 38.0 Å². The molecule has 6 rings (SSSR count). The molecule has 1 spiro atoms. The van der Waals surface area contributed by atoms with Gasteiger partial charge in [-0.05, 0) is 35.2 Å². The molecule has 0 unspecified atom stereocenters. The highest BCUT2D eigenvalue weighted by atomic mass is 28.4. The van der Waals surface area contributed by atoms with Crippen molar-refractivity contribution in [3.05, 3.63) is 71.8 Å². The average molecular weight is 683 g/mol. The van der Waals surface area contributed by atoms with Crippen LogP contribution in [0.3, 0.4) is 0 Å². The zero-order valence-electron chi connectivity index (χ0n) is 30.2. The Labute approximate surface area is 288 Å². The van der Waals surface area contributed by atoms with Gasteiger partial charge in [0, 0.05) is 24.7 Å². The number of hydrogen-bond acceptors (Lipinski definition) is 8. The molecule has 266 valence electrons. The Morgan fingerprint density at radius 1 is 0.792 bits per heavy atom. The first-order chi connectivity index (χ1) is 22.8. The van der Waals surface area contributed by atoms with Crippen LogP contribution < -0.4 is 0 Å². The normalized spacial score (nSPS) is 38.5. The largest absolute Gasteiger partial charge is 0.411 e. The van der Waals surface area contributed by atoms with Crippen molar-refractivity contribution in [2.24, 2.45) is 17.8 Å². The van der Waals surface area contributed by atoms with Gasteiger partial charge in [0.25, 0.3) is 0 Å². The van der Waals surface area contributed by atoms with Crippen LogP contribution in [0, 0.1) is 17.8 Å². The summed E-state index contributed by atoms with van der Waals surface area (Å²) in [6.45, 7) is 19.6. The molecule has 0 aromatic heterocycles. The average Bonchev–Trinajstić information content (AvgIpc) is 3.72. The van der Waals surface area contributed by atoms with Crippen LogP contribution in [0.25, 0.3) is 0 Å². The molecule has 2 aromatic carbocycles. The summed E-state index contributed by atoms with van der Waals surface area (Å²) in [5.74, 6) is -0.709. The summed E-state index contributed by atoms with van der Waals surface area (Å²) in [5, 5.41) is 9.85. The van der Waals surface area contributed by atoms with E-state index in [9.17, 15) is 5.11 Å². The van der Waals surface area contributed by atoms with Crippen molar-refractivity contribution in [2.75, 3.05) is 13.2 Å². The van der Waals surface area contributed by atoms with Crippen LogP contribution in [-0.4, -0.2) is 81.3 Å². The maximum absolute atomic E-state index is 9.84. The molecular weight excluding hydrogens is 625 g/mol. The highest BCUT2D eigenvalue weighted by molar-refractivity contribution is 6.74. The Hall–Kier alpha value is -1.66. The molecule has 48 heavy (non-hydrogen) atoms. The third-order valence-corrected chi connectivity index (χ3v) is 16.4. The molecule has 4 aliphatic rings. The molecule has 4 heterocycles. The van der Waals surface area contributed by atoms with Gasteiger partial charge in [-0.25, -0.2) is 0 Å². The van der Waals surface area contributed by atoms with E-state index in [1.54, 1.807) is 0 Å². The molecule has 0 bridgehead atoms. The zero-order valence-corrected chi connectivity index (χ0v) is 31.2. The fourth-order valence-corrected chi connectivity index (χ4v) is 8.99. The molecular formula is C39H58O8Si. The van der Waals surface area contributed by atoms with Crippen molar-refractivity contribution in [3.63, 3.8) is 0 Å². The van der Waals surface area contributed by atoms with E-state index in [0.29, 0.717) is 32.7 Å². The summed E-state index contributed by atoms with van der Waals surface area (Å²) in [6, 6.07) is 20.6. The van der Waals surface area contributed by atoms with Gasteiger partial charge >= 0.3 is 0 Å². The number of benzene rings is 2. The van der Waals surface area contributed by atoms with Crippen LogP contribution in [0.1, 0.15) is 65.5 Å². The van der Waals surface area contributed by atoms with Crippen molar-refractivity contribution in [1.29, 1.82) is 0 Å². The van der Waals surface area contributed by atoms with Gasteiger partial charge in [-0.15, -0.1) is 0 Å². The van der Waals surface area contributed by atoms with Crippen molar-refractivity contribution < 1.29 is 38.0 Å². The van der Waals surface area contributed by atoms with Gasteiger partial charge in [0.2, 0.25) is 0 Å². The van der Waals surface area contributed by atoms with Gasteiger partial charge in [-0.1, -0.05) is 102 Å². The van der Waals surface area contributed by atoms with Gasteiger partial charge in [-0.2, -0.15) is 0 Å². The van der Waals surface area contributed by atoms with Crippen molar-refractivity contribution >= 4 is 8.32 Å². The Bertz CT molecular complexity index is 1320. The van der Waals surface area contributed by atoms with E-state index >= 15 is 0 Å². The van der Waals surface area contributed by atoms with Crippen LogP contribution in [0.15, 0.2) is 60.7 Å². The number of ether oxygens (including phenoxy) is 6. The first-order valence-electron chi connectivity index (χ1n) is 18.0. The lowest BCUT2D eigenvalue weighted by molar-refractivity contribution is -0.340. The second-order valence-electron chi connectivity index (χ2n) is 16.2. The summed E-state index contributed by atoms with van der Waals surface area (Å²) in [7, 11) is -2.24. The SMILES string of the molecule is C[C@@H]1[C@@H](O[Si](C)(C)C(C)(C)C)[C@H](C[C@H]2O[C@@H]2CO)O[C@@H]2[C@@H](C)[C@H](C)[C@@]3(C[C@H](OCc4ccccc4)CO3)O[C@H]2[C@H]1OCc1ccccc1. The third-order valence-electron chi connectivity index (χ3n) is 11.9. The molecule has 2 aromatic rings. The Balaban J connectivity index is 1.31. The second kappa shape index (κ2) is 14.5. The minimum Gasteiger partial charge on any atom is -0.411 e. The Kier molecular flexibility index (Phi) is 10.9. The predicted octanol–water partition coefficient (Wildman–Crippen LogP) is 6.89. The predicted molar refractivity (Wildman–Crippen MR) is 187 cm³/mol. The molecule has 0 aliphatic carbocycles. The maximum Gasteiger partial charge on any atom is 0.192 e. The lowest BCUT2D eigenvalue weighted by Crippen LogP contribution is -2.61. The monoisotopic (exact) mass is 682 g/mol. The second-order valence-corrected chi connectivity index (χ2v) is 21.0. The molecule has 1 N–H and O–H groups in total. The lowest BCUT2D eigenvalue weighted by Gasteiger charge is -2.51. The molecule has 0 radical (unpaired) electrons. The zero-order chi connectivity index (χ0) is 34.3. The highest BCUT2D eigenvalue weighted by Gasteiger charge is 2.61. The fourth-order valence-electron chi connectivity index (χ4n) is 7.59. The molecule has 12 atom stereocenters. The first kappa shape index (κ1) is 36.1. The summed E-state index contributed by atoms with van der Waals surface area (Å²) < 4.78 is 47.7. The smallest absolute Gasteiger partial charge is 0.192 e. The molecule has 8 nitrogen and oxygen atoms in total. The van der Waals surface area contributed by atoms with E-state index < -0.39 is 14.1 Å². The standard InChI is InChI=1S/C39H58O8Si/c1-25-27(3)39(20-30(24-43-39)41-22-28-15-11-9-12-16-28)46-37-35(42-23-29-17-13-10-14-18-29)26(2)34(47-48(7,8)38(4,5)6)32(45-36(25)37)19-31-33(21-40)44-31/h9-18,25-27,30-37,40H,19-24H2,1-8H3/t25-,26+,27-,30-,31+,32-,33+,34+,35-,36+,37-,39+/m0/s1. The number of hydrogen-bond donors (Lipinski definition) is 1. The number of aliphatic hydroxyl groups excluding tert-OH is 1. The number of epoxide rings is 1. The van der Waals surface area contributed by atoms with Crippen molar-refractivity contribution in [1.82, 2.24) is 0 Å². The van der Waals surface area contributed by atoms with Crippen LogP contribution in [0.4, 0.5) is 0 Å². The lowest BCUT2D eigenvalue weighted by atomic mass is 9.76. The Morgan fingerprint density at radius 2 is 1.42 bits per heavy atom. The molecule has 4 aliphatic heterocycles. The summed E-state index contributed by atoms with van der Waals surface area (Å²) in [5.41, 5.74) is 2.26. The van der Waals surface area contributed by atoms with E-state index in [0.717, 1.165) is 11.1 Å². The summed E-state index contributed by atoms with van der Waals surface area (Å²) >= 11 is 0. The maximum atomic E-state index is 9.84. The fraction of sp³-hybridized carbons (Fsp3) is 0.692. The minimum absolute atomic E-state index is 0.00918. The van der Waals surface area contributed by atoms with E-state index in [1.807, 2.05) is 36.4 Å². The van der Waals surface area contributed by atoms with E-state index in [2.05, 4.69) is 78.9 Å². The highest BCUT2D eigenvalue weighted by Crippen LogP contribution is 2.51. The molecule has 0 saturated carbocycles.